The summed E-state index contributed by atoms with van der Waals surface area (Å²) < 4.78 is 0. The van der Waals surface area contributed by atoms with Crippen LogP contribution in [-0.4, -0.2) is 27.9 Å². The van der Waals surface area contributed by atoms with Gasteiger partial charge in [0.15, 0.2) is 0 Å². The number of aromatic nitrogens is 1. The third-order valence-electron chi connectivity index (χ3n) is 1.75. The molecule has 0 saturated carbocycles. The molecule has 1 amide bonds. The van der Waals surface area contributed by atoms with E-state index in [0.717, 1.165) is 0 Å². The number of aliphatic hydroxyl groups is 1. The second kappa shape index (κ2) is 4.99. The minimum absolute atomic E-state index is 0.0156. The number of carbonyl (C=O) groups excluding carboxylic acids is 1. The quantitative estimate of drug-likeness (QED) is 0.639. The molecule has 0 aliphatic carbocycles. The summed E-state index contributed by atoms with van der Waals surface area (Å²) >= 11 is 1.36. The highest BCUT2D eigenvalue weighted by atomic mass is 32.2. The van der Waals surface area contributed by atoms with Crippen LogP contribution in [0, 0.1) is 0 Å². The Hall–Kier alpha value is -1.27. The number of aliphatic hydroxyl groups excluding tert-OH is 1. The number of pyridine rings is 1. The first-order chi connectivity index (χ1) is 7.04. The summed E-state index contributed by atoms with van der Waals surface area (Å²) in [6.07, 6.45) is 1.40. The van der Waals surface area contributed by atoms with E-state index in [1.807, 2.05) is 6.92 Å². The van der Waals surface area contributed by atoms with E-state index in [1.54, 1.807) is 0 Å². The lowest BCUT2D eigenvalue weighted by Crippen LogP contribution is -2.14. The van der Waals surface area contributed by atoms with Crippen LogP contribution in [0.2, 0.25) is 0 Å². The van der Waals surface area contributed by atoms with E-state index < -0.39 is 5.91 Å². The average Bonchev–Trinajstić information content (AvgIpc) is 2.20. The van der Waals surface area contributed by atoms with Crippen molar-refractivity contribution in [2.75, 3.05) is 12.3 Å². The van der Waals surface area contributed by atoms with Gasteiger partial charge < -0.3 is 16.6 Å². The van der Waals surface area contributed by atoms with Gasteiger partial charge >= 0.3 is 0 Å². The molecular formula is C9H13N3O2S. The van der Waals surface area contributed by atoms with Crippen LogP contribution in [0.15, 0.2) is 17.3 Å². The molecule has 1 aromatic rings. The summed E-state index contributed by atoms with van der Waals surface area (Å²) in [6.45, 7) is 1.90. The van der Waals surface area contributed by atoms with Crippen molar-refractivity contribution in [3.05, 3.63) is 17.8 Å². The summed E-state index contributed by atoms with van der Waals surface area (Å²) in [5, 5.41) is 9.50. The minimum Gasteiger partial charge on any atom is -0.397 e. The zero-order valence-electron chi connectivity index (χ0n) is 8.30. The Bertz CT molecular complexity index is 370. The first kappa shape index (κ1) is 11.8. The monoisotopic (exact) mass is 227 g/mol. The van der Waals surface area contributed by atoms with Crippen molar-refractivity contribution in [1.82, 2.24) is 4.98 Å². The molecule has 5 N–H and O–H groups in total. The van der Waals surface area contributed by atoms with Crippen LogP contribution >= 0.6 is 11.8 Å². The number of nitrogens with two attached hydrogens (primary N) is 2. The van der Waals surface area contributed by atoms with Gasteiger partial charge in [0, 0.05) is 5.25 Å². The van der Waals surface area contributed by atoms with Gasteiger partial charge in [0.2, 0.25) is 0 Å². The minimum atomic E-state index is -0.576. The predicted molar refractivity (Wildman–Crippen MR) is 59.6 cm³/mol. The molecule has 0 bridgehead atoms. The molecule has 1 heterocycles. The summed E-state index contributed by atoms with van der Waals surface area (Å²) in [6, 6.07) is 1.54. The van der Waals surface area contributed by atoms with Crippen molar-refractivity contribution in [3.8, 4) is 0 Å². The molecule has 0 aliphatic rings. The highest BCUT2D eigenvalue weighted by molar-refractivity contribution is 7.99. The van der Waals surface area contributed by atoms with Crippen LogP contribution < -0.4 is 11.5 Å². The van der Waals surface area contributed by atoms with E-state index >= 15 is 0 Å². The van der Waals surface area contributed by atoms with E-state index in [-0.39, 0.29) is 23.1 Å². The molecular weight excluding hydrogens is 214 g/mol. The van der Waals surface area contributed by atoms with E-state index in [2.05, 4.69) is 4.98 Å². The van der Waals surface area contributed by atoms with Gasteiger partial charge in [-0.05, 0) is 6.07 Å². The van der Waals surface area contributed by atoms with Crippen molar-refractivity contribution < 1.29 is 9.90 Å². The second-order valence-electron chi connectivity index (χ2n) is 3.09. The standard InChI is InChI=1S/C9H13N3O2S/c1-5(4-13)15-8-2-6(9(11)14)7(10)3-12-8/h2-3,5,13H,4,10H2,1H3,(H2,11,14). The number of hydrogen-bond acceptors (Lipinski definition) is 5. The SMILES string of the molecule is CC(CO)Sc1cc(C(N)=O)c(N)cn1. The predicted octanol–water partition coefficient (Wildman–Crippen LogP) is 0.236. The van der Waals surface area contributed by atoms with Crippen LogP contribution in [0.5, 0.6) is 0 Å². The fourth-order valence-corrected chi connectivity index (χ4v) is 1.75. The molecule has 6 heteroatoms. The normalized spacial score (nSPS) is 12.4. The van der Waals surface area contributed by atoms with Crippen LogP contribution in [0.25, 0.3) is 0 Å². The van der Waals surface area contributed by atoms with Gasteiger partial charge in [-0.25, -0.2) is 4.98 Å². The maximum atomic E-state index is 11.0. The number of carbonyl (C=O) groups is 1. The van der Waals surface area contributed by atoms with Gasteiger partial charge in [-0.1, -0.05) is 6.92 Å². The van der Waals surface area contributed by atoms with Crippen LogP contribution in [-0.2, 0) is 0 Å². The Labute approximate surface area is 91.9 Å². The van der Waals surface area contributed by atoms with Gasteiger partial charge in [-0.15, -0.1) is 11.8 Å². The molecule has 0 aliphatic heterocycles. The van der Waals surface area contributed by atoms with Crippen LogP contribution in [0.4, 0.5) is 5.69 Å². The summed E-state index contributed by atoms with van der Waals surface area (Å²) in [4.78, 5) is 15.0. The van der Waals surface area contributed by atoms with E-state index in [1.165, 1.54) is 24.0 Å². The van der Waals surface area contributed by atoms with E-state index in [0.29, 0.717) is 5.03 Å². The van der Waals surface area contributed by atoms with Gasteiger partial charge in [-0.2, -0.15) is 0 Å². The highest BCUT2D eigenvalue weighted by Crippen LogP contribution is 2.23. The van der Waals surface area contributed by atoms with Crippen LogP contribution in [0.3, 0.4) is 0 Å². The number of nitrogens with zero attached hydrogens (tertiary/aromatic N) is 1. The lowest BCUT2D eigenvalue weighted by Gasteiger charge is -2.08. The lowest BCUT2D eigenvalue weighted by molar-refractivity contribution is 0.100. The van der Waals surface area contributed by atoms with E-state index in [4.69, 9.17) is 16.6 Å². The molecule has 1 rings (SSSR count). The second-order valence-corrected chi connectivity index (χ2v) is 4.54. The number of amides is 1. The van der Waals surface area contributed by atoms with Crippen molar-refractivity contribution in [1.29, 1.82) is 0 Å². The largest absolute Gasteiger partial charge is 0.397 e. The summed E-state index contributed by atoms with van der Waals surface area (Å²) in [7, 11) is 0. The topological polar surface area (TPSA) is 102 Å². The Kier molecular flexibility index (Phi) is 3.93. The molecule has 1 atom stereocenters. The van der Waals surface area contributed by atoms with Crippen molar-refractivity contribution in [2.24, 2.45) is 5.73 Å². The van der Waals surface area contributed by atoms with Gasteiger partial charge in [0.1, 0.15) is 0 Å². The maximum Gasteiger partial charge on any atom is 0.250 e. The molecule has 0 spiro atoms. The third kappa shape index (κ3) is 3.10. The lowest BCUT2D eigenvalue weighted by atomic mass is 10.2. The Morgan fingerprint density at radius 3 is 2.93 bits per heavy atom. The molecule has 15 heavy (non-hydrogen) atoms. The fourth-order valence-electron chi connectivity index (χ4n) is 0.968. The number of rotatable bonds is 4. The Balaban J connectivity index is 2.92. The van der Waals surface area contributed by atoms with Crippen molar-refractivity contribution >= 4 is 23.4 Å². The number of primary amides is 1. The average molecular weight is 227 g/mol. The summed E-state index contributed by atoms with van der Waals surface area (Å²) in [5.74, 6) is -0.576. The number of thioether (sulfide) groups is 1. The molecule has 1 unspecified atom stereocenters. The van der Waals surface area contributed by atoms with E-state index in [9.17, 15) is 4.79 Å². The molecule has 1 aromatic heterocycles. The Morgan fingerprint density at radius 1 is 1.73 bits per heavy atom. The third-order valence-corrected chi connectivity index (χ3v) is 2.77. The molecule has 0 aromatic carbocycles. The zero-order valence-corrected chi connectivity index (χ0v) is 9.12. The maximum absolute atomic E-state index is 11.0. The molecule has 5 nitrogen and oxygen atoms in total. The first-order valence-electron chi connectivity index (χ1n) is 4.37. The zero-order chi connectivity index (χ0) is 11.4. The smallest absolute Gasteiger partial charge is 0.250 e. The number of hydrogen-bond donors (Lipinski definition) is 3. The molecule has 0 fully saturated rings. The first-order valence-corrected chi connectivity index (χ1v) is 5.25. The van der Waals surface area contributed by atoms with Gasteiger partial charge in [0.25, 0.3) is 5.91 Å². The fraction of sp³-hybridized carbons (Fsp3) is 0.333. The van der Waals surface area contributed by atoms with Gasteiger partial charge in [-0.3, -0.25) is 4.79 Å². The molecule has 0 radical (unpaired) electrons. The van der Waals surface area contributed by atoms with Crippen LogP contribution in [0.1, 0.15) is 17.3 Å². The highest BCUT2D eigenvalue weighted by Gasteiger charge is 2.10. The van der Waals surface area contributed by atoms with Crippen molar-refractivity contribution in [3.63, 3.8) is 0 Å². The summed E-state index contributed by atoms with van der Waals surface area (Å²) in [5.41, 5.74) is 11.2. The number of anilines is 1. The molecule has 82 valence electrons. The van der Waals surface area contributed by atoms with Crippen molar-refractivity contribution in [2.45, 2.75) is 17.2 Å². The van der Waals surface area contributed by atoms with Gasteiger partial charge in [0.05, 0.1) is 29.1 Å². The molecule has 0 saturated heterocycles. The Morgan fingerprint density at radius 2 is 2.40 bits per heavy atom. The number of nitrogen functional groups attached to an aromatic ring is 1.